The molecule has 2 heteroatoms. The maximum absolute atomic E-state index is 5.67. The van der Waals surface area contributed by atoms with Gasteiger partial charge in [-0.1, -0.05) is 24.9 Å². The summed E-state index contributed by atoms with van der Waals surface area (Å²) < 4.78 is 0. The van der Waals surface area contributed by atoms with Gasteiger partial charge in [0.1, 0.15) is 6.10 Å². The Bertz CT molecular complexity index is 390. The van der Waals surface area contributed by atoms with Crippen molar-refractivity contribution in [3.63, 3.8) is 0 Å². The van der Waals surface area contributed by atoms with Crippen LogP contribution in [0.1, 0.15) is 97.8 Å². The van der Waals surface area contributed by atoms with Gasteiger partial charge in [-0.2, -0.15) is 0 Å². The first kappa shape index (κ1) is 18.3. The van der Waals surface area contributed by atoms with E-state index in [-0.39, 0.29) is 0 Å². The third-order valence-electron chi connectivity index (χ3n) is 7.31. The van der Waals surface area contributed by atoms with E-state index in [2.05, 4.69) is 12.1 Å². The summed E-state index contributed by atoms with van der Waals surface area (Å²) in [5, 5.41) is 4.17. The van der Waals surface area contributed by atoms with E-state index in [1.807, 2.05) is 13.8 Å². The van der Waals surface area contributed by atoms with Crippen molar-refractivity contribution in [3.8, 4) is 0 Å². The minimum absolute atomic E-state index is 0.386. The molecule has 2 nitrogen and oxygen atoms in total. The van der Waals surface area contributed by atoms with Crippen molar-refractivity contribution in [2.45, 2.75) is 104 Å². The number of hydrogen-bond donors (Lipinski definition) is 0. The lowest BCUT2D eigenvalue weighted by molar-refractivity contribution is 0.00830. The first-order valence-electron chi connectivity index (χ1n) is 10.8. The summed E-state index contributed by atoms with van der Waals surface area (Å²) in [7, 11) is 0. The molecule has 0 atom stereocenters. The van der Waals surface area contributed by atoms with E-state index >= 15 is 0 Å². The number of nitrogens with zero attached hydrogens (tertiary/aromatic N) is 1. The third kappa shape index (κ3) is 4.99. The van der Waals surface area contributed by atoms with Crippen LogP contribution in [0.3, 0.4) is 0 Å². The SMILES string of the molecule is CC(C)=NOC1CCC(C2CCC(C3CCC(C)CC3)CC2)CC1. The van der Waals surface area contributed by atoms with Crippen molar-refractivity contribution < 1.29 is 4.84 Å². The highest BCUT2D eigenvalue weighted by molar-refractivity contribution is 5.78. The van der Waals surface area contributed by atoms with Crippen LogP contribution < -0.4 is 0 Å². The molecule has 0 bridgehead atoms. The van der Waals surface area contributed by atoms with Gasteiger partial charge in [-0.15, -0.1) is 0 Å². The van der Waals surface area contributed by atoms with Crippen molar-refractivity contribution in [2.24, 2.45) is 34.7 Å². The van der Waals surface area contributed by atoms with Gasteiger partial charge in [0.15, 0.2) is 0 Å². The smallest absolute Gasteiger partial charge is 0.127 e. The van der Waals surface area contributed by atoms with Crippen LogP contribution in [0.2, 0.25) is 0 Å². The average molecular weight is 334 g/mol. The molecule has 0 spiro atoms. The molecular formula is C22H39NO. The summed E-state index contributed by atoms with van der Waals surface area (Å²) in [5.41, 5.74) is 1.03. The van der Waals surface area contributed by atoms with Crippen molar-refractivity contribution in [3.05, 3.63) is 0 Å². The second kappa shape index (κ2) is 8.72. The van der Waals surface area contributed by atoms with Crippen LogP contribution in [0, 0.1) is 29.6 Å². The predicted molar refractivity (Wildman–Crippen MR) is 102 cm³/mol. The lowest BCUT2D eigenvalue weighted by Crippen LogP contribution is -2.30. The Balaban J connectivity index is 1.37. The van der Waals surface area contributed by atoms with Crippen LogP contribution >= 0.6 is 0 Å². The maximum Gasteiger partial charge on any atom is 0.127 e. The highest BCUT2D eigenvalue weighted by Crippen LogP contribution is 2.45. The molecule has 0 N–H and O–H groups in total. The van der Waals surface area contributed by atoms with Gasteiger partial charge in [0.05, 0.1) is 5.71 Å². The fraction of sp³-hybridized carbons (Fsp3) is 0.955. The van der Waals surface area contributed by atoms with Crippen LogP contribution in [-0.4, -0.2) is 11.8 Å². The van der Waals surface area contributed by atoms with E-state index in [0.29, 0.717) is 6.10 Å². The average Bonchev–Trinajstić information content (AvgIpc) is 2.61. The molecule has 0 unspecified atom stereocenters. The summed E-state index contributed by atoms with van der Waals surface area (Å²) in [4.78, 5) is 5.67. The molecule has 3 fully saturated rings. The largest absolute Gasteiger partial charge is 0.393 e. The highest BCUT2D eigenvalue weighted by Gasteiger charge is 2.34. The van der Waals surface area contributed by atoms with Crippen LogP contribution in [0.15, 0.2) is 5.16 Å². The molecule has 0 aromatic carbocycles. The zero-order valence-electron chi connectivity index (χ0n) is 16.3. The number of rotatable bonds is 4. The maximum atomic E-state index is 5.67. The van der Waals surface area contributed by atoms with E-state index in [1.54, 1.807) is 0 Å². The highest BCUT2D eigenvalue weighted by atomic mass is 16.6. The fourth-order valence-electron chi connectivity index (χ4n) is 5.69. The summed E-state index contributed by atoms with van der Waals surface area (Å²) in [6.07, 6.45) is 17.7. The molecule has 138 valence electrons. The molecule has 0 radical (unpaired) electrons. The first-order chi connectivity index (χ1) is 11.6. The zero-order chi connectivity index (χ0) is 16.9. The molecule has 0 aromatic heterocycles. The molecule has 0 saturated heterocycles. The lowest BCUT2D eigenvalue weighted by Gasteiger charge is -2.40. The van der Waals surface area contributed by atoms with Crippen molar-refractivity contribution in [2.75, 3.05) is 0 Å². The Morgan fingerprint density at radius 1 is 0.625 bits per heavy atom. The van der Waals surface area contributed by atoms with Gasteiger partial charge in [-0.25, -0.2) is 0 Å². The molecule has 0 amide bonds. The summed E-state index contributed by atoms with van der Waals surface area (Å²) in [5.74, 6) is 5.12. The van der Waals surface area contributed by atoms with E-state index in [4.69, 9.17) is 4.84 Å². The minimum atomic E-state index is 0.386. The van der Waals surface area contributed by atoms with E-state index in [9.17, 15) is 0 Å². The fourth-order valence-corrected chi connectivity index (χ4v) is 5.69. The Hall–Kier alpha value is -0.530. The zero-order valence-corrected chi connectivity index (χ0v) is 16.3. The summed E-state index contributed by atoms with van der Waals surface area (Å²) in [6.45, 7) is 6.47. The van der Waals surface area contributed by atoms with E-state index in [1.165, 1.54) is 77.0 Å². The van der Waals surface area contributed by atoms with Crippen LogP contribution in [-0.2, 0) is 4.84 Å². The van der Waals surface area contributed by atoms with Gasteiger partial charge >= 0.3 is 0 Å². The van der Waals surface area contributed by atoms with Gasteiger partial charge in [0, 0.05) is 0 Å². The van der Waals surface area contributed by atoms with Crippen LogP contribution in [0.5, 0.6) is 0 Å². The van der Waals surface area contributed by atoms with E-state index < -0.39 is 0 Å². The minimum Gasteiger partial charge on any atom is -0.393 e. The van der Waals surface area contributed by atoms with Crippen LogP contribution in [0.4, 0.5) is 0 Å². The Kier molecular flexibility index (Phi) is 6.63. The van der Waals surface area contributed by atoms with Crippen LogP contribution in [0.25, 0.3) is 0 Å². The van der Waals surface area contributed by atoms with E-state index in [0.717, 1.165) is 35.3 Å². The normalized spacial score (nSPS) is 40.8. The van der Waals surface area contributed by atoms with Gasteiger partial charge in [0.2, 0.25) is 0 Å². The molecule has 3 saturated carbocycles. The Labute approximate surface area is 149 Å². The van der Waals surface area contributed by atoms with Gasteiger partial charge in [-0.05, 0) is 108 Å². The van der Waals surface area contributed by atoms with Gasteiger partial charge in [-0.3, -0.25) is 0 Å². The molecule has 3 rings (SSSR count). The molecule has 0 aromatic rings. The van der Waals surface area contributed by atoms with Gasteiger partial charge in [0.25, 0.3) is 0 Å². The Morgan fingerprint density at radius 2 is 1.00 bits per heavy atom. The molecule has 0 aliphatic heterocycles. The van der Waals surface area contributed by atoms with Crippen molar-refractivity contribution in [1.29, 1.82) is 0 Å². The summed E-state index contributed by atoms with van der Waals surface area (Å²) in [6, 6.07) is 0. The quantitative estimate of drug-likeness (QED) is 0.420. The molecular weight excluding hydrogens is 294 g/mol. The molecule has 24 heavy (non-hydrogen) atoms. The van der Waals surface area contributed by atoms with Crippen molar-refractivity contribution in [1.82, 2.24) is 0 Å². The molecule has 3 aliphatic rings. The third-order valence-corrected chi connectivity index (χ3v) is 7.31. The topological polar surface area (TPSA) is 21.6 Å². The lowest BCUT2D eigenvalue weighted by atomic mass is 9.66. The number of oxime groups is 1. The molecule has 3 aliphatic carbocycles. The number of hydrogen-bond acceptors (Lipinski definition) is 2. The second-order valence-electron chi connectivity index (χ2n) is 9.38. The second-order valence-corrected chi connectivity index (χ2v) is 9.38. The van der Waals surface area contributed by atoms with Gasteiger partial charge < -0.3 is 4.84 Å². The molecule has 0 heterocycles. The monoisotopic (exact) mass is 333 g/mol. The first-order valence-corrected chi connectivity index (χ1v) is 10.8. The Morgan fingerprint density at radius 3 is 1.42 bits per heavy atom. The summed E-state index contributed by atoms with van der Waals surface area (Å²) >= 11 is 0. The standard InChI is InChI=1S/C22H39NO/c1-16(2)23-24-22-14-12-21(13-15-22)20-10-8-19(9-11-20)18-6-4-17(3)5-7-18/h17-22H,4-15H2,1-3H3. The van der Waals surface area contributed by atoms with Crippen molar-refractivity contribution >= 4 is 5.71 Å². The predicted octanol–water partition coefficient (Wildman–Crippen LogP) is 6.59.